The third kappa shape index (κ3) is 4.05. The van der Waals surface area contributed by atoms with Gasteiger partial charge in [0.05, 0.1) is 31.6 Å². The Labute approximate surface area is 113 Å². The van der Waals surface area contributed by atoms with Crippen molar-refractivity contribution in [2.24, 2.45) is 0 Å². The molecule has 1 aromatic rings. The zero-order chi connectivity index (χ0) is 14.3. The highest BCUT2D eigenvalue weighted by atomic mass is 16.5. The van der Waals surface area contributed by atoms with E-state index >= 15 is 0 Å². The molecule has 0 aromatic heterocycles. The van der Waals surface area contributed by atoms with Crippen molar-refractivity contribution in [1.82, 2.24) is 0 Å². The molecule has 0 unspecified atom stereocenters. The first-order valence-electron chi connectivity index (χ1n) is 6.41. The number of nitrogen functional groups attached to an aromatic ring is 1. The van der Waals surface area contributed by atoms with Crippen LogP contribution in [0.5, 0.6) is 11.5 Å². The molecule has 0 fully saturated rings. The summed E-state index contributed by atoms with van der Waals surface area (Å²) in [4.78, 5) is 11.9. The van der Waals surface area contributed by atoms with Crippen molar-refractivity contribution in [2.75, 3.05) is 26.1 Å². The van der Waals surface area contributed by atoms with E-state index in [0.29, 0.717) is 36.0 Å². The molecule has 0 saturated heterocycles. The molecular formula is C14H21NO4. The lowest BCUT2D eigenvalue weighted by molar-refractivity contribution is 0.0506. The first kappa shape index (κ1) is 15.1. The number of ether oxygens (including phenoxy) is 3. The standard InChI is InChI=1S/C14H21NO4/c1-4-6-18-13-8-10(14(16)19-7-5-2)11(15)9-12(13)17-3/h8-9H,4-7,15H2,1-3H3. The third-order valence-electron chi connectivity index (χ3n) is 2.45. The molecule has 0 aliphatic carbocycles. The minimum Gasteiger partial charge on any atom is -0.493 e. The summed E-state index contributed by atoms with van der Waals surface area (Å²) in [6.45, 7) is 4.85. The van der Waals surface area contributed by atoms with Gasteiger partial charge in [-0.1, -0.05) is 13.8 Å². The Bertz CT molecular complexity index is 432. The Morgan fingerprint density at radius 1 is 1.16 bits per heavy atom. The van der Waals surface area contributed by atoms with Crippen LogP contribution >= 0.6 is 0 Å². The van der Waals surface area contributed by atoms with Crippen molar-refractivity contribution < 1.29 is 19.0 Å². The average molecular weight is 267 g/mol. The van der Waals surface area contributed by atoms with Gasteiger partial charge in [0.25, 0.3) is 0 Å². The van der Waals surface area contributed by atoms with Gasteiger partial charge >= 0.3 is 5.97 Å². The molecule has 2 N–H and O–H groups in total. The van der Waals surface area contributed by atoms with E-state index in [1.54, 1.807) is 12.1 Å². The number of carbonyl (C=O) groups excluding carboxylic acids is 1. The lowest BCUT2D eigenvalue weighted by Crippen LogP contribution is -2.10. The summed E-state index contributed by atoms with van der Waals surface area (Å²) in [7, 11) is 1.53. The number of nitrogens with two attached hydrogens (primary N) is 1. The molecule has 0 bridgehead atoms. The van der Waals surface area contributed by atoms with Crippen LogP contribution in [0.3, 0.4) is 0 Å². The topological polar surface area (TPSA) is 70.8 Å². The van der Waals surface area contributed by atoms with E-state index in [0.717, 1.165) is 12.8 Å². The van der Waals surface area contributed by atoms with Crippen LogP contribution in [-0.4, -0.2) is 26.3 Å². The molecule has 0 heterocycles. The molecule has 0 amide bonds. The summed E-state index contributed by atoms with van der Waals surface area (Å²) in [5.74, 6) is 0.573. The van der Waals surface area contributed by atoms with Gasteiger partial charge in [-0.3, -0.25) is 0 Å². The Balaban J connectivity index is 3.00. The average Bonchev–Trinajstić information content (AvgIpc) is 2.42. The molecule has 0 spiro atoms. The fraction of sp³-hybridized carbons (Fsp3) is 0.500. The number of carbonyl (C=O) groups is 1. The summed E-state index contributed by atoms with van der Waals surface area (Å²) in [6.07, 6.45) is 1.63. The van der Waals surface area contributed by atoms with E-state index in [2.05, 4.69) is 0 Å². The predicted molar refractivity (Wildman–Crippen MR) is 73.8 cm³/mol. The Hall–Kier alpha value is -1.91. The van der Waals surface area contributed by atoms with Gasteiger partial charge in [0, 0.05) is 12.1 Å². The zero-order valence-electron chi connectivity index (χ0n) is 11.7. The second kappa shape index (κ2) is 7.51. The van der Waals surface area contributed by atoms with Gasteiger partial charge in [0.1, 0.15) is 0 Å². The molecule has 5 nitrogen and oxygen atoms in total. The second-order valence-corrected chi connectivity index (χ2v) is 4.07. The van der Waals surface area contributed by atoms with Crippen molar-refractivity contribution in [3.8, 4) is 11.5 Å². The van der Waals surface area contributed by atoms with Crippen LogP contribution < -0.4 is 15.2 Å². The first-order chi connectivity index (χ1) is 9.13. The smallest absolute Gasteiger partial charge is 0.340 e. The van der Waals surface area contributed by atoms with Crippen molar-refractivity contribution in [3.63, 3.8) is 0 Å². The van der Waals surface area contributed by atoms with Gasteiger partial charge in [-0.2, -0.15) is 0 Å². The monoisotopic (exact) mass is 267 g/mol. The molecule has 0 saturated carbocycles. The van der Waals surface area contributed by atoms with Crippen molar-refractivity contribution in [2.45, 2.75) is 26.7 Å². The molecule has 5 heteroatoms. The number of hydrogen-bond donors (Lipinski definition) is 1. The Morgan fingerprint density at radius 3 is 2.42 bits per heavy atom. The Kier molecular flexibility index (Phi) is 5.99. The van der Waals surface area contributed by atoms with Gasteiger partial charge in [-0.25, -0.2) is 4.79 Å². The van der Waals surface area contributed by atoms with E-state index in [1.165, 1.54) is 7.11 Å². The highest BCUT2D eigenvalue weighted by Crippen LogP contribution is 2.32. The number of hydrogen-bond acceptors (Lipinski definition) is 5. The van der Waals surface area contributed by atoms with Crippen molar-refractivity contribution in [1.29, 1.82) is 0 Å². The van der Waals surface area contributed by atoms with Crippen LogP contribution in [0.25, 0.3) is 0 Å². The van der Waals surface area contributed by atoms with Crippen molar-refractivity contribution >= 4 is 11.7 Å². The summed E-state index contributed by atoms with van der Waals surface area (Å²) in [5.41, 5.74) is 6.46. The number of rotatable bonds is 7. The number of anilines is 1. The van der Waals surface area contributed by atoms with Gasteiger partial charge < -0.3 is 19.9 Å². The van der Waals surface area contributed by atoms with Gasteiger partial charge in [-0.15, -0.1) is 0 Å². The fourth-order valence-electron chi connectivity index (χ4n) is 1.51. The minimum absolute atomic E-state index is 0.306. The quantitative estimate of drug-likeness (QED) is 0.607. The SMILES string of the molecule is CCCOC(=O)c1cc(OCCC)c(OC)cc1N. The number of methoxy groups -OCH3 is 1. The van der Waals surface area contributed by atoms with Crippen LogP contribution in [0.15, 0.2) is 12.1 Å². The summed E-state index contributed by atoms with van der Waals surface area (Å²) >= 11 is 0. The van der Waals surface area contributed by atoms with E-state index in [4.69, 9.17) is 19.9 Å². The maximum Gasteiger partial charge on any atom is 0.340 e. The predicted octanol–water partition coefficient (Wildman–Crippen LogP) is 2.63. The maximum absolute atomic E-state index is 11.9. The summed E-state index contributed by atoms with van der Waals surface area (Å²) in [5, 5.41) is 0. The summed E-state index contributed by atoms with van der Waals surface area (Å²) in [6, 6.07) is 3.15. The van der Waals surface area contributed by atoms with Crippen LogP contribution in [0, 0.1) is 0 Å². The maximum atomic E-state index is 11.9. The van der Waals surface area contributed by atoms with Gasteiger partial charge in [-0.05, 0) is 12.8 Å². The number of esters is 1. The van der Waals surface area contributed by atoms with E-state index in [-0.39, 0.29) is 0 Å². The van der Waals surface area contributed by atoms with Crippen LogP contribution in [-0.2, 0) is 4.74 Å². The fourth-order valence-corrected chi connectivity index (χ4v) is 1.51. The molecule has 0 radical (unpaired) electrons. The molecule has 0 aliphatic heterocycles. The lowest BCUT2D eigenvalue weighted by Gasteiger charge is -2.13. The van der Waals surface area contributed by atoms with E-state index in [1.807, 2.05) is 13.8 Å². The van der Waals surface area contributed by atoms with E-state index < -0.39 is 5.97 Å². The van der Waals surface area contributed by atoms with Gasteiger partial charge in [0.2, 0.25) is 0 Å². The van der Waals surface area contributed by atoms with Crippen LogP contribution in [0.4, 0.5) is 5.69 Å². The first-order valence-corrected chi connectivity index (χ1v) is 6.41. The molecule has 19 heavy (non-hydrogen) atoms. The molecular weight excluding hydrogens is 246 g/mol. The number of benzene rings is 1. The van der Waals surface area contributed by atoms with E-state index in [9.17, 15) is 4.79 Å². The van der Waals surface area contributed by atoms with Crippen LogP contribution in [0.1, 0.15) is 37.0 Å². The normalized spacial score (nSPS) is 10.1. The lowest BCUT2D eigenvalue weighted by atomic mass is 10.1. The molecule has 0 aliphatic rings. The largest absolute Gasteiger partial charge is 0.493 e. The Morgan fingerprint density at radius 2 is 1.84 bits per heavy atom. The molecule has 106 valence electrons. The molecule has 0 atom stereocenters. The highest BCUT2D eigenvalue weighted by molar-refractivity contribution is 5.96. The molecule has 1 aromatic carbocycles. The summed E-state index contributed by atoms with van der Waals surface area (Å²) < 4.78 is 15.8. The third-order valence-corrected chi connectivity index (χ3v) is 2.45. The van der Waals surface area contributed by atoms with Gasteiger partial charge in [0.15, 0.2) is 11.5 Å². The minimum atomic E-state index is -0.441. The van der Waals surface area contributed by atoms with Crippen LogP contribution in [0.2, 0.25) is 0 Å². The highest BCUT2D eigenvalue weighted by Gasteiger charge is 2.16. The molecule has 1 rings (SSSR count). The zero-order valence-corrected chi connectivity index (χ0v) is 11.7. The second-order valence-electron chi connectivity index (χ2n) is 4.07. The van der Waals surface area contributed by atoms with Crippen molar-refractivity contribution in [3.05, 3.63) is 17.7 Å².